The average Bonchev–Trinajstić information content (AvgIpc) is 2.27. The molecule has 2 rings (SSSR count). The van der Waals surface area contributed by atoms with Crippen molar-refractivity contribution in [3.8, 4) is 0 Å². The summed E-state index contributed by atoms with van der Waals surface area (Å²) in [4.78, 5) is 29.5. The number of carbonyl (C=O) groups is 1. The first kappa shape index (κ1) is 10.7. The Balaban J connectivity index is 2.34. The maximum atomic E-state index is 11.6. The molecule has 1 aliphatic carbocycles. The maximum Gasteiger partial charge on any atom is 0.309 e. The molecule has 6 heteroatoms. The molecule has 3 N–H and O–H groups in total. The molecule has 0 aliphatic heterocycles. The van der Waals surface area contributed by atoms with E-state index in [1.54, 1.807) is 0 Å². The number of anilines is 1. The van der Waals surface area contributed by atoms with Crippen LogP contribution in [0.4, 0.5) is 5.95 Å². The van der Waals surface area contributed by atoms with Gasteiger partial charge in [0.1, 0.15) is 0 Å². The van der Waals surface area contributed by atoms with Crippen LogP contribution in [-0.4, -0.2) is 23.0 Å². The quantitative estimate of drug-likeness (QED) is 0.633. The van der Waals surface area contributed by atoms with Gasteiger partial charge < -0.3 is 10.5 Å². The van der Waals surface area contributed by atoms with E-state index in [1.807, 2.05) is 0 Å². The molecule has 1 atom stereocenters. The maximum absolute atomic E-state index is 11.6. The monoisotopic (exact) mass is 223 g/mol. The summed E-state index contributed by atoms with van der Waals surface area (Å²) in [6.07, 6.45) is 1.61. The second kappa shape index (κ2) is 3.96. The molecular weight excluding hydrogens is 210 g/mol. The van der Waals surface area contributed by atoms with E-state index in [0.29, 0.717) is 30.5 Å². The Morgan fingerprint density at radius 1 is 1.62 bits per heavy atom. The van der Waals surface area contributed by atoms with E-state index in [2.05, 4.69) is 14.7 Å². The zero-order valence-electron chi connectivity index (χ0n) is 8.95. The summed E-state index contributed by atoms with van der Waals surface area (Å²) in [5.74, 6) is -0.397. The summed E-state index contributed by atoms with van der Waals surface area (Å²) in [5, 5.41) is 0. The number of hydrogen-bond donors (Lipinski definition) is 2. The van der Waals surface area contributed by atoms with Gasteiger partial charge in [-0.15, -0.1) is 0 Å². The van der Waals surface area contributed by atoms with Crippen molar-refractivity contribution in [2.75, 3.05) is 12.8 Å². The number of aromatic nitrogens is 2. The highest BCUT2D eigenvalue weighted by atomic mass is 16.5. The van der Waals surface area contributed by atoms with Gasteiger partial charge in [-0.3, -0.25) is 14.6 Å². The number of fused-ring (bicyclic) bond motifs is 1. The van der Waals surface area contributed by atoms with Gasteiger partial charge in [0.2, 0.25) is 5.95 Å². The second-order valence-electron chi connectivity index (χ2n) is 3.84. The first-order chi connectivity index (χ1) is 7.61. The smallest absolute Gasteiger partial charge is 0.309 e. The van der Waals surface area contributed by atoms with Gasteiger partial charge in [0, 0.05) is 5.56 Å². The number of hydrogen-bond acceptors (Lipinski definition) is 5. The molecule has 1 aromatic heterocycles. The van der Waals surface area contributed by atoms with E-state index < -0.39 is 0 Å². The number of carbonyl (C=O) groups excluding carboxylic acids is 1. The molecule has 1 aromatic rings. The number of H-pyrrole nitrogens is 1. The minimum Gasteiger partial charge on any atom is -0.469 e. The van der Waals surface area contributed by atoms with Crippen molar-refractivity contribution in [3.05, 3.63) is 21.6 Å². The largest absolute Gasteiger partial charge is 0.469 e. The molecule has 1 unspecified atom stereocenters. The highest BCUT2D eigenvalue weighted by molar-refractivity contribution is 5.73. The van der Waals surface area contributed by atoms with Gasteiger partial charge in [0.15, 0.2) is 0 Å². The Hall–Kier alpha value is -1.85. The molecule has 0 fully saturated rings. The zero-order chi connectivity index (χ0) is 11.7. The Morgan fingerprint density at radius 2 is 2.38 bits per heavy atom. The van der Waals surface area contributed by atoms with E-state index >= 15 is 0 Å². The number of methoxy groups -OCH3 is 1. The van der Waals surface area contributed by atoms with Crippen LogP contribution in [0.15, 0.2) is 4.79 Å². The first-order valence-electron chi connectivity index (χ1n) is 5.07. The van der Waals surface area contributed by atoms with Crippen LogP contribution in [0, 0.1) is 5.92 Å². The topological polar surface area (TPSA) is 98.1 Å². The van der Waals surface area contributed by atoms with Crippen LogP contribution in [0.25, 0.3) is 0 Å². The van der Waals surface area contributed by atoms with Gasteiger partial charge >= 0.3 is 5.97 Å². The average molecular weight is 223 g/mol. The molecule has 0 aromatic carbocycles. The van der Waals surface area contributed by atoms with Crippen LogP contribution in [0.1, 0.15) is 17.7 Å². The van der Waals surface area contributed by atoms with Crippen LogP contribution in [0.5, 0.6) is 0 Å². The summed E-state index contributed by atoms with van der Waals surface area (Å²) in [5.41, 5.74) is 6.44. The number of esters is 1. The summed E-state index contributed by atoms with van der Waals surface area (Å²) in [7, 11) is 1.35. The summed E-state index contributed by atoms with van der Waals surface area (Å²) in [6, 6.07) is 0. The van der Waals surface area contributed by atoms with Crippen LogP contribution >= 0.6 is 0 Å². The van der Waals surface area contributed by atoms with Gasteiger partial charge in [0.25, 0.3) is 5.56 Å². The van der Waals surface area contributed by atoms with Crippen LogP contribution in [0.2, 0.25) is 0 Å². The fourth-order valence-electron chi connectivity index (χ4n) is 2.01. The molecule has 0 radical (unpaired) electrons. The Labute approximate surface area is 91.8 Å². The van der Waals surface area contributed by atoms with E-state index in [1.165, 1.54) is 7.11 Å². The van der Waals surface area contributed by atoms with Crippen molar-refractivity contribution >= 4 is 11.9 Å². The molecule has 0 amide bonds. The SMILES string of the molecule is COC(=O)C1CCc2nc(N)[nH]c(=O)c2C1. The molecule has 86 valence electrons. The fraction of sp³-hybridized carbons (Fsp3) is 0.500. The molecule has 0 bridgehead atoms. The Kier molecular flexibility index (Phi) is 2.64. The third-order valence-electron chi connectivity index (χ3n) is 2.83. The van der Waals surface area contributed by atoms with E-state index in [9.17, 15) is 9.59 Å². The number of rotatable bonds is 1. The third kappa shape index (κ3) is 1.78. The van der Waals surface area contributed by atoms with Gasteiger partial charge in [-0.25, -0.2) is 4.98 Å². The lowest BCUT2D eigenvalue weighted by Crippen LogP contribution is -2.30. The molecule has 1 heterocycles. The minimum atomic E-state index is -0.276. The predicted molar refractivity (Wildman–Crippen MR) is 56.8 cm³/mol. The van der Waals surface area contributed by atoms with Gasteiger partial charge in [0.05, 0.1) is 18.7 Å². The molecule has 0 saturated heterocycles. The standard InChI is InChI=1S/C10H13N3O3/c1-16-9(15)5-2-3-7-6(4-5)8(14)13-10(11)12-7/h5H,2-4H2,1H3,(H3,11,12,13,14). The predicted octanol–water partition coefficient (Wildman–Crippen LogP) is -0.370. The summed E-state index contributed by atoms with van der Waals surface area (Å²) < 4.78 is 4.67. The van der Waals surface area contributed by atoms with Crippen molar-refractivity contribution in [3.63, 3.8) is 0 Å². The normalized spacial score (nSPS) is 18.9. The second-order valence-corrected chi connectivity index (χ2v) is 3.84. The van der Waals surface area contributed by atoms with Gasteiger partial charge in [-0.2, -0.15) is 0 Å². The van der Waals surface area contributed by atoms with Crippen molar-refractivity contribution < 1.29 is 9.53 Å². The number of ether oxygens (including phenoxy) is 1. The lowest BCUT2D eigenvalue weighted by molar-refractivity contribution is -0.145. The molecule has 1 aliphatic rings. The summed E-state index contributed by atoms with van der Waals surface area (Å²) >= 11 is 0. The number of aryl methyl sites for hydroxylation is 1. The lowest BCUT2D eigenvalue weighted by Gasteiger charge is -2.20. The zero-order valence-corrected chi connectivity index (χ0v) is 8.95. The number of nitrogens with two attached hydrogens (primary N) is 1. The van der Waals surface area contributed by atoms with Crippen LogP contribution in [-0.2, 0) is 22.4 Å². The van der Waals surface area contributed by atoms with Crippen molar-refractivity contribution in [1.82, 2.24) is 9.97 Å². The summed E-state index contributed by atoms with van der Waals surface area (Å²) in [6.45, 7) is 0. The number of nitrogens with one attached hydrogen (secondary N) is 1. The molecule has 0 saturated carbocycles. The fourth-order valence-corrected chi connectivity index (χ4v) is 2.01. The molecule has 0 spiro atoms. The molecule has 16 heavy (non-hydrogen) atoms. The first-order valence-corrected chi connectivity index (χ1v) is 5.07. The van der Waals surface area contributed by atoms with Crippen LogP contribution < -0.4 is 11.3 Å². The number of nitrogen functional groups attached to an aromatic ring is 1. The minimum absolute atomic E-state index is 0.125. The Bertz CT molecular complexity index is 481. The lowest BCUT2D eigenvalue weighted by atomic mass is 9.87. The van der Waals surface area contributed by atoms with Crippen molar-refractivity contribution in [1.29, 1.82) is 0 Å². The van der Waals surface area contributed by atoms with Crippen LogP contribution in [0.3, 0.4) is 0 Å². The Morgan fingerprint density at radius 3 is 3.06 bits per heavy atom. The van der Waals surface area contributed by atoms with Crippen molar-refractivity contribution in [2.45, 2.75) is 19.3 Å². The number of nitrogens with zero attached hydrogens (tertiary/aromatic N) is 1. The molecule has 6 nitrogen and oxygen atoms in total. The highest BCUT2D eigenvalue weighted by Gasteiger charge is 2.28. The highest BCUT2D eigenvalue weighted by Crippen LogP contribution is 2.22. The number of aromatic amines is 1. The van der Waals surface area contributed by atoms with E-state index in [0.717, 1.165) is 0 Å². The van der Waals surface area contributed by atoms with Crippen molar-refractivity contribution in [2.24, 2.45) is 5.92 Å². The third-order valence-corrected chi connectivity index (χ3v) is 2.83. The van der Waals surface area contributed by atoms with E-state index in [4.69, 9.17) is 5.73 Å². The molecular formula is C10H13N3O3. The van der Waals surface area contributed by atoms with Gasteiger partial charge in [-0.1, -0.05) is 0 Å². The van der Waals surface area contributed by atoms with Gasteiger partial charge in [-0.05, 0) is 19.3 Å². The van der Waals surface area contributed by atoms with E-state index in [-0.39, 0.29) is 23.4 Å².